The molecule has 0 fully saturated rings. The van der Waals surface area contributed by atoms with Gasteiger partial charge in [-0.3, -0.25) is 4.79 Å². The van der Waals surface area contributed by atoms with E-state index in [1.165, 1.54) is 0 Å². The Bertz CT molecular complexity index is 676. The van der Waals surface area contributed by atoms with Gasteiger partial charge >= 0.3 is 0 Å². The van der Waals surface area contributed by atoms with Gasteiger partial charge in [0.15, 0.2) is 0 Å². The van der Waals surface area contributed by atoms with E-state index in [2.05, 4.69) is 11.4 Å². The van der Waals surface area contributed by atoms with E-state index in [0.29, 0.717) is 11.3 Å². The number of rotatable bonds is 3. The Labute approximate surface area is 118 Å². The first-order valence-corrected chi connectivity index (χ1v) is 6.82. The Morgan fingerprint density at radius 2 is 2.00 bits per heavy atom. The van der Waals surface area contributed by atoms with Crippen LogP contribution in [0.15, 0.2) is 48.6 Å². The van der Waals surface area contributed by atoms with Crippen molar-refractivity contribution in [2.24, 2.45) is 0 Å². The Morgan fingerprint density at radius 1 is 1.25 bits per heavy atom. The van der Waals surface area contributed by atoms with Gasteiger partial charge in [-0.05, 0) is 35.7 Å². The fourth-order valence-corrected chi connectivity index (χ4v) is 2.56. The summed E-state index contributed by atoms with van der Waals surface area (Å²) in [6, 6.07) is 11.9. The van der Waals surface area contributed by atoms with Crippen molar-refractivity contribution in [3.05, 3.63) is 54.1 Å². The fraction of sp³-hybridized carbons (Fsp3) is 0.235. The Kier molecular flexibility index (Phi) is 3.42. The average molecular weight is 267 g/mol. The third-order valence-corrected chi connectivity index (χ3v) is 3.64. The summed E-state index contributed by atoms with van der Waals surface area (Å²) >= 11 is 0. The van der Waals surface area contributed by atoms with Gasteiger partial charge < -0.3 is 10.1 Å². The summed E-state index contributed by atoms with van der Waals surface area (Å²) in [5.74, 6) is 0.535. The summed E-state index contributed by atoms with van der Waals surface area (Å²) < 4.78 is 5.36. The number of carbonyl (C=O) groups excluding carboxylic acids is 1. The number of amides is 1. The summed E-state index contributed by atoms with van der Waals surface area (Å²) in [7, 11) is 1.59. The zero-order valence-electron chi connectivity index (χ0n) is 11.4. The molecule has 1 amide bonds. The highest BCUT2D eigenvalue weighted by Crippen LogP contribution is 2.26. The van der Waals surface area contributed by atoms with Crippen LogP contribution >= 0.6 is 0 Å². The van der Waals surface area contributed by atoms with E-state index in [1.807, 2.05) is 42.5 Å². The molecule has 3 rings (SSSR count). The van der Waals surface area contributed by atoms with E-state index in [9.17, 15) is 4.79 Å². The van der Waals surface area contributed by atoms with Gasteiger partial charge in [-0.25, -0.2) is 0 Å². The van der Waals surface area contributed by atoms with Crippen molar-refractivity contribution >= 4 is 16.7 Å². The lowest BCUT2D eigenvalue weighted by atomic mass is 10.0. The molecule has 0 aliphatic heterocycles. The average Bonchev–Trinajstić information content (AvgIpc) is 2.98. The second-order valence-electron chi connectivity index (χ2n) is 4.99. The van der Waals surface area contributed by atoms with Crippen LogP contribution in [0.4, 0.5) is 0 Å². The van der Waals surface area contributed by atoms with Crippen molar-refractivity contribution in [1.29, 1.82) is 0 Å². The fourth-order valence-electron chi connectivity index (χ4n) is 2.56. The van der Waals surface area contributed by atoms with Crippen LogP contribution in [0.2, 0.25) is 0 Å². The van der Waals surface area contributed by atoms with Gasteiger partial charge in [0.2, 0.25) is 0 Å². The van der Waals surface area contributed by atoms with Crippen molar-refractivity contribution in [2.45, 2.75) is 18.9 Å². The number of carbonyl (C=O) groups is 1. The van der Waals surface area contributed by atoms with Crippen molar-refractivity contribution in [2.75, 3.05) is 7.11 Å². The molecular formula is C17H17NO2. The smallest absolute Gasteiger partial charge is 0.255 e. The largest absolute Gasteiger partial charge is 0.496 e. The third kappa shape index (κ3) is 2.39. The van der Waals surface area contributed by atoms with Gasteiger partial charge in [0.25, 0.3) is 5.91 Å². The molecule has 0 saturated heterocycles. The molecule has 1 N–H and O–H groups in total. The van der Waals surface area contributed by atoms with Gasteiger partial charge in [0.1, 0.15) is 5.75 Å². The van der Waals surface area contributed by atoms with Crippen molar-refractivity contribution in [3.63, 3.8) is 0 Å². The molecule has 0 saturated carbocycles. The molecule has 2 aromatic carbocycles. The topological polar surface area (TPSA) is 38.3 Å². The van der Waals surface area contributed by atoms with Crippen LogP contribution in [0.1, 0.15) is 23.2 Å². The molecule has 1 aliphatic rings. The SMILES string of the molecule is COc1cc2ccccc2cc1C(=O)NC1C=CCC1. The van der Waals surface area contributed by atoms with Crippen molar-refractivity contribution in [1.82, 2.24) is 5.32 Å². The van der Waals surface area contributed by atoms with Crippen LogP contribution in [0.25, 0.3) is 10.8 Å². The van der Waals surface area contributed by atoms with Crippen LogP contribution in [0.3, 0.4) is 0 Å². The summed E-state index contributed by atoms with van der Waals surface area (Å²) in [4.78, 5) is 12.4. The molecule has 1 atom stereocenters. The van der Waals surface area contributed by atoms with Gasteiger partial charge in [0, 0.05) is 6.04 Å². The summed E-state index contributed by atoms with van der Waals surface area (Å²) in [6.45, 7) is 0. The molecular weight excluding hydrogens is 250 g/mol. The van der Waals surface area contributed by atoms with Gasteiger partial charge in [-0.2, -0.15) is 0 Å². The molecule has 3 heteroatoms. The first kappa shape index (κ1) is 12.7. The van der Waals surface area contributed by atoms with Gasteiger partial charge in [-0.15, -0.1) is 0 Å². The van der Waals surface area contributed by atoms with Crippen LogP contribution in [-0.4, -0.2) is 19.1 Å². The summed E-state index contributed by atoms with van der Waals surface area (Å²) in [6.07, 6.45) is 6.15. The number of methoxy groups -OCH3 is 1. The number of ether oxygens (including phenoxy) is 1. The second-order valence-corrected chi connectivity index (χ2v) is 4.99. The zero-order valence-corrected chi connectivity index (χ0v) is 11.4. The minimum absolute atomic E-state index is 0.0795. The minimum Gasteiger partial charge on any atom is -0.496 e. The predicted octanol–water partition coefficient (Wildman–Crippen LogP) is 3.30. The number of hydrogen-bond acceptors (Lipinski definition) is 2. The number of allylic oxidation sites excluding steroid dienone is 1. The normalized spacial score (nSPS) is 17.4. The quantitative estimate of drug-likeness (QED) is 0.867. The maximum Gasteiger partial charge on any atom is 0.255 e. The van der Waals surface area contributed by atoms with E-state index in [0.717, 1.165) is 23.6 Å². The molecule has 0 bridgehead atoms. The first-order valence-electron chi connectivity index (χ1n) is 6.82. The van der Waals surface area contributed by atoms with Gasteiger partial charge in [0.05, 0.1) is 12.7 Å². The maximum atomic E-state index is 12.4. The highest BCUT2D eigenvalue weighted by Gasteiger charge is 2.17. The highest BCUT2D eigenvalue weighted by molar-refractivity contribution is 6.01. The lowest BCUT2D eigenvalue weighted by Crippen LogP contribution is -2.32. The van der Waals surface area contributed by atoms with Crippen LogP contribution in [-0.2, 0) is 0 Å². The lowest BCUT2D eigenvalue weighted by molar-refractivity contribution is 0.0941. The second kappa shape index (κ2) is 5.37. The molecule has 0 aromatic heterocycles. The molecule has 0 heterocycles. The third-order valence-electron chi connectivity index (χ3n) is 3.64. The first-order chi connectivity index (χ1) is 9.78. The van der Waals surface area contributed by atoms with E-state index < -0.39 is 0 Å². The van der Waals surface area contributed by atoms with Crippen LogP contribution in [0, 0.1) is 0 Å². The molecule has 0 radical (unpaired) electrons. The summed E-state index contributed by atoms with van der Waals surface area (Å²) in [5, 5.41) is 5.14. The van der Waals surface area contributed by atoms with Crippen molar-refractivity contribution in [3.8, 4) is 5.75 Å². The van der Waals surface area contributed by atoms with Crippen LogP contribution in [0.5, 0.6) is 5.75 Å². The monoisotopic (exact) mass is 267 g/mol. The maximum absolute atomic E-state index is 12.4. The zero-order chi connectivity index (χ0) is 13.9. The molecule has 1 unspecified atom stereocenters. The standard InChI is InChI=1S/C17H17NO2/c1-20-16-11-13-7-3-2-6-12(13)10-15(16)17(19)18-14-8-4-5-9-14/h2-4,6-8,10-11,14H,5,9H2,1H3,(H,18,19). The van der Waals surface area contributed by atoms with Crippen LogP contribution < -0.4 is 10.1 Å². The van der Waals surface area contributed by atoms with E-state index in [-0.39, 0.29) is 11.9 Å². The molecule has 20 heavy (non-hydrogen) atoms. The number of hydrogen-bond donors (Lipinski definition) is 1. The van der Waals surface area contributed by atoms with Gasteiger partial charge in [-0.1, -0.05) is 36.4 Å². The van der Waals surface area contributed by atoms with E-state index in [4.69, 9.17) is 4.74 Å². The Morgan fingerprint density at radius 3 is 2.65 bits per heavy atom. The van der Waals surface area contributed by atoms with Crippen molar-refractivity contribution < 1.29 is 9.53 Å². The number of fused-ring (bicyclic) bond motifs is 1. The molecule has 1 aliphatic carbocycles. The molecule has 3 nitrogen and oxygen atoms in total. The lowest BCUT2D eigenvalue weighted by Gasteiger charge is -2.14. The Hall–Kier alpha value is -2.29. The minimum atomic E-state index is -0.0795. The predicted molar refractivity (Wildman–Crippen MR) is 80.1 cm³/mol. The Balaban J connectivity index is 1.96. The molecule has 102 valence electrons. The molecule has 0 spiro atoms. The van der Waals surface area contributed by atoms with E-state index >= 15 is 0 Å². The highest BCUT2D eigenvalue weighted by atomic mass is 16.5. The molecule has 2 aromatic rings. The number of benzene rings is 2. The van der Waals surface area contributed by atoms with E-state index in [1.54, 1.807) is 7.11 Å². The number of nitrogens with one attached hydrogen (secondary N) is 1. The summed E-state index contributed by atoms with van der Waals surface area (Å²) in [5.41, 5.74) is 0.589.